The Labute approximate surface area is 386 Å². The summed E-state index contributed by atoms with van der Waals surface area (Å²) in [6.07, 6.45) is 9.39. The van der Waals surface area contributed by atoms with Crippen molar-refractivity contribution in [1.29, 1.82) is 0 Å². The van der Waals surface area contributed by atoms with E-state index in [4.69, 9.17) is 16.7 Å². The molecule has 5 aliphatic heterocycles. The highest BCUT2D eigenvalue weighted by Gasteiger charge is 2.40. The topological polar surface area (TPSA) is 132 Å². The standard InChI is InChI=1S/C49H53ClF2N10O4/c1-29(63)58-15-12-41-39(27-58)47(60-14-2-3-31-22-36(38(46(51)52)23-43(31)60)37-24-44-53-13-16-59(44)28-40(37)50)55-62(41)33-6-4-30(5-7-33)25-56-17-19-57(20-18-56)34-8-9-35-32(21-34)26-61(49(35)66)42-10-11-45(64)54-48(42)65/h8-9,13,16,21-24,28,30,33,42,46H,2-7,10-12,14-15,17-20,25-27H2,1H3,(H,54,64,65). The minimum atomic E-state index is -2.74. The summed E-state index contributed by atoms with van der Waals surface area (Å²) in [5.74, 6) is 0.501. The highest BCUT2D eigenvalue weighted by molar-refractivity contribution is 6.33. The van der Waals surface area contributed by atoms with E-state index in [0.717, 1.165) is 111 Å². The molecule has 2 saturated heterocycles. The van der Waals surface area contributed by atoms with E-state index < -0.39 is 18.4 Å². The smallest absolute Gasteiger partial charge is 0.264 e. The Morgan fingerprint density at radius 3 is 2.47 bits per heavy atom. The summed E-state index contributed by atoms with van der Waals surface area (Å²) in [4.78, 5) is 65.2. The van der Waals surface area contributed by atoms with Gasteiger partial charge in [0.25, 0.3) is 12.3 Å². The van der Waals surface area contributed by atoms with E-state index in [9.17, 15) is 19.2 Å². The molecule has 4 amide bonds. The molecule has 11 rings (SSSR count). The maximum atomic E-state index is 15.1. The first kappa shape index (κ1) is 42.7. The Morgan fingerprint density at radius 2 is 1.70 bits per heavy atom. The van der Waals surface area contributed by atoms with Crippen molar-refractivity contribution in [1.82, 2.24) is 39.2 Å². The summed E-state index contributed by atoms with van der Waals surface area (Å²) in [5.41, 5.74) is 7.98. The number of nitrogens with one attached hydrogen (secondary N) is 1. The van der Waals surface area contributed by atoms with Crippen LogP contribution in [0.1, 0.15) is 103 Å². The van der Waals surface area contributed by atoms with Crippen molar-refractivity contribution in [2.24, 2.45) is 5.92 Å². The van der Waals surface area contributed by atoms with Gasteiger partial charge in [0, 0.05) is 130 Å². The number of hydrogen-bond donors (Lipinski definition) is 1. The van der Waals surface area contributed by atoms with Crippen molar-refractivity contribution in [3.8, 4) is 11.1 Å². The Balaban J connectivity index is 0.769. The molecule has 3 aromatic heterocycles. The normalized spacial score (nSPS) is 22.6. The van der Waals surface area contributed by atoms with Crippen LogP contribution in [0.2, 0.25) is 5.02 Å². The van der Waals surface area contributed by atoms with E-state index in [1.807, 2.05) is 23.1 Å². The summed E-state index contributed by atoms with van der Waals surface area (Å²) >= 11 is 6.73. The molecule has 66 heavy (non-hydrogen) atoms. The van der Waals surface area contributed by atoms with Gasteiger partial charge in [0.2, 0.25) is 17.7 Å². The zero-order valence-corrected chi connectivity index (χ0v) is 37.8. The Bertz CT molecular complexity index is 2770. The molecule has 6 aliphatic rings. The van der Waals surface area contributed by atoms with Crippen LogP contribution < -0.4 is 15.1 Å². The van der Waals surface area contributed by atoms with Gasteiger partial charge in [-0.2, -0.15) is 5.10 Å². The highest BCUT2D eigenvalue weighted by Crippen LogP contribution is 2.46. The van der Waals surface area contributed by atoms with Gasteiger partial charge in [0.1, 0.15) is 11.7 Å². The third-order valence-corrected chi connectivity index (χ3v) is 15.4. The van der Waals surface area contributed by atoms with Gasteiger partial charge >= 0.3 is 0 Å². The first-order valence-electron chi connectivity index (χ1n) is 23.4. The number of anilines is 3. The zero-order chi connectivity index (χ0) is 45.4. The minimum absolute atomic E-state index is 0.0119. The van der Waals surface area contributed by atoms with E-state index in [2.05, 4.69) is 35.7 Å². The van der Waals surface area contributed by atoms with Crippen LogP contribution in [0.4, 0.5) is 26.0 Å². The van der Waals surface area contributed by atoms with Gasteiger partial charge < -0.3 is 24.0 Å². The predicted octanol–water partition coefficient (Wildman–Crippen LogP) is 7.09. The summed E-state index contributed by atoms with van der Waals surface area (Å²) < 4.78 is 34.2. The Kier molecular flexibility index (Phi) is 11.1. The summed E-state index contributed by atoms with van der Waals surface area (Å²) in [7, 11) is 0. The Hall–Kier alpha value is -5.87. The molecule has 17 heteroatoms. The van der Waals surface area contributed by atoms with Crippen molar-refractivity contribution in [3.05, 3.63) is 93.5 Å². The maximum Gasteiger partial charge on any atom is 0.264 e. The molecule has 5 aromatic rings. The molecule has 1 atom stereocenters. The number of amides is 4. The lowest BCUT2D eigenvalue weighted by molar-refractivity contribution is -0.137. The van der Waals surface area contributed by atoms with Crippen LogP contribution in [0.5, 0.6) is 0 Å². The SMILES string of the molecule is CC(=O)N1CCc2c(c(N3CCCc4cc(-c5cc6nccn6cc5Cl)c(C(F)F)cc43)nn2C2CCC(CN3CCN(c4ccc5c(c4)CN(C4CCC(=O)NC4=O)C5=O)CC3)CC2)C1. The van der Waals surface area contributed by atoms with E-state index in [-0.39, 0.29) is 35.7 Å². The van der Waals surface area contributed by atoms with E-state index in [1.54, 1.807) is 46.9 Å². The Morgan fingerprint density at radius 1 is 0.879 bits per heavy atom. The number of alkyl halides is 2. The van der Waals surface area contributed by atoms with Gasteiger partial charge in [-0.25, -0.2) is 13.8 Å². The highest BCUT2D eigenvalue weighted by atomic mass is 35.5. The molecule has 1 unspecified atom stereocenters. The fourth-order valence-electron chi connectivity index (χ4n) is 11.5. The quantitative estimate of drug-likeness (QED) is 0.162. The fourth-order valence-corrected chi connectivity index (χ4v) is 11.8. The fraction of sp³-hybridized carbons (Fsp3) is 0.469. The molecule has 344 valence electrons. The summed E-state index contributed by atoms with van der Waals surface area (Å²) in [6.45, 7) is 8.36. The van der Waals surface area contributed by atoms with E-state index >= 15 is 8.78 Å². The van der Waals surface area contributed by atoms with Crippen molar-refractivity contribution >= 4 is 58.1 Å². The maximum absolute atomic E-state index is 15.1. The number of nitrogens with zero attached hydrogens (tertiary/aromatic N) is 9. The summed E-state index contributed by atoms with van der Waals surface area (Å²) in [5, 5.41) is 8.14. The zero-order valence-electron chi connectivity index (χ0n) is 37.0. The van der Waals surface area contributed by atoms with Crippen molar-refractivity contribution in [3.63, 3.8) is 0 Å². The van der Waals surface area contributed by atoms with Crippen LogP contribution in [-0.4, -0.2) is 109 Å². The van der Waals surface area contributed by atoms with Crippen LogP contribution in [0, 0.1) is 5.92 Å². The molecule has 14 nitrogen and oxygen atoms in total. The number of piperidine rings is 1. The molecule has 0 spiro atoms. The molecular formula is C49H53ClF2N10O4. The van der Waals surface area contributed by atoms with Crippen LogP contribution in [0.15, 0.2) is 55.0 Å². The number of halogens is 3. The van der Waals surface area contributed by atoms with Gasteiger partial charge in [-0.3, -0.25) is 34.1 Å². The minimum Gasteiger partial charge on any atom is -0.369 e. The van der Waals surface area contributed by atoms with Gasteiger partial charge in [-0.1, -0.05) is 11.6 Å². The number of hydrogen-bond acceptors (Lipinski definition) is 9. The second kappa shape index (κ2) is 17.1. The molecule has 3 fully saturated rings. The number of benzene rings is 2. The summed E-state index contributed by atoms with van der Waals surface area (Å²) in [6, 6.07) is 10.9. The number of aryl methyl sites for hydroxylation is 1. The second-order valence-electron chi connectivity index (χ2n) is 18.9. The van der Waals surface area contributed by atoms with Gasteiger partial charge in [0.05, 0.1) is 17.6 Å². The van der Waals surface area contributed by atoms with Crippen molar-refractivity contribution in [2.45, 2.75) is 96.3 Å². The molecule has 2 aromatic carbocycles. The molecular weight excluding hydrogens is 866 g/mol. The third-order valence-electron chi connectivity index (χ3n) is 15.1. The molecule has 8 heterocycles. The van der Waals surface area contributed by atoms with Crippen LogP contribution >= 0.6 is 11.6 Å². The lowest BCUT2D eigenvalue weighted by Gasteiger charge is -2.39. The molecule has 0 radical (unpaired) electrons. The van der Waals surface area contributed by atoms with Gasteiger partial charge in [0.15, 0.2) is 5.82 Å². The number of aromatic nitrogens is 4. The largest absolute Gasteiger partial charge is 0.369 e. The van der Waals surface area contributed by atoms with Crippen molar-refractivity contribution < 1.29 is 28.0 Å². The first-order valence-corrected chi connectivity index (χ1v) is 23.8. The van der Waals surface area contributed by atoms with E-state index in [1.165, 1.54) is 0 Å². The van der Waals surface area contributed by atoms with Gasteiger partial charge in [-0.15, -0.1) is 0 Å². The molecule has 1 saturated carbocycles. The first-order chi connectivity index (χ1) is 32.0. The predicted molar refractivity (Wildman–Crippen MR) is 245 cm³/mol. The molecule has 0 bridgehead atoms. The molecule has 1 N–H and O–H groups in total. The second-order valence-corrected chi connectivity index (χ2v) is 19.3. The number of pyridine rings is 1. The monoisotopic (exact) mass is 918 g/mol. The lowest BCUT2D eigenvalue weighted by Crippen LogP contribution is -2.52. The average molecular weight is 919 g/mol. The number of piperazine rings is 1. The number of carbonyl (C=O) groups is 4. The third kappa shape index (κ3) is 7.68. The van der Waals surface area contributed by atoms with E-state index in [0.29, 0.717) is 72.3 Å². The lowest BCUT2D eigenvalue weighted by atomic mass is 9.85. The van der Waals surface area contributed by atoms with Crippen LogP contribution in [-0.2, 0) is 40.3 Å². The van der Waals surface area contributed by atoms with Crippen LogP contribution in [0.25, 0.3) is 16.8 Å². The van der Waals surface area contributed by atoms with Crippen LogP contribution in [0.3, 0.4) is 0 Å². The number of imide groups is 1. The number of carbonyl (C=O) groups excluding carboxylic acids is 4. The van der Waals surface area contributed by atoms with Crippen molar-refractivity contribution in [2.75, 3.05) is 55.6 Å². The molecule has 1 aliphatic carbocycles. The van der Waals surface area contributed by atoms with Gasteiger partial charge in [-0.05, 0) is 104 Å². The number of fused-ring (bicyclic) bond motifs is 4. The average Bonchev–Trinajstić information content (AvgIpc) is 4.03. The number of imidazole rings is 1. The number of rotatable bonds is 8.